The van der Waals surface area contributed by atoms with Gasteiger partial charge in [-0.1, -0.05) is 35.3 Å². The average molecular weight is 478 g/mol. The second-order valence-corrected chi connectivity index (χ2v) is 8.35. The van der Waals surface area contributed by atoms with E-state index in [4.69, 9.17) is 23.2 Å². The van der Waals surface area contributed by atoms with Crippen LogP contribution in [0.5, 0.6) is 0 Å². The van der Waals surface area contributed by atoms with E-state index in [9.17, 15) is 19.2 Å². The molecule has 0 spiro atoms. The number of halogens is 2. The fourth-order valence-corrected chi connectivity index (χ4v) is 4.10. The molecule has 0 aromatic heterocycles. The van der Waals surface area contributed by atoms with Crippen molar-refractivity contribution in [2.45, 2.75) is 6.92 Å². The van der Waals surface area contributed by atoms with Crippen molar-refractivity contribution in [2.24, 2.45) is 0 Å². The number of thioether (sulfide) groups is 1. The first-order valence-electron chi connectivity index (χ1n) is 9.11. The van der Waals surface area contributed by atoms with Gasteiger partial charge in [-0.25, -0.2) is 0 Å². The predicted molar refractivity (Wildman–Crippen MR) is 122 cm³/mol. The number of benzene rings is 2. The van der Waals surface area contributed by atoms with E-state index in [1.165, 1.54) is 19.1 Å². The Morgan fingerprint density at radius 1 is 1.13 bits per heavy atom. The number of hydrogen-bond donors (Lipinski definition) is 2. The fraction of sp³-hybridized carbons (Fsp3) is 0.143. The molecule has 160 valence electrons. The molecule has 2 aromatic carbocycles. The van der Waals surface area contributed by atoms with Gasteiger partial charge in [0.2, 0.25) is 5.91 Å². The third-order valence-corrected chi connectivity index (χ3v) is 5.66. The van der Waals surface area contributed by atoms with Gasteiger partial charge in [-0.05, 0) is 53.7 Å². The first kappa shape index (κ1) is 22.9. The van der Waals surface area contributed by atoms with E-state index in [-0.39, 0.29) is 29.8 Å². The Morgan fingerprint density at radius 2 is 1.90 bits per heavy atom. The van der Waals surface area contributed by atoms with Crippen molar-refractivity contribution in [3.8, 4) is 0 Å². The lowest BCUT2D eigenvalue weighted by atomic mass is 10.2. The standard InChI is InChI=1S/C21H17Cl2N3O4S/c1-12(27)25-16-4-2-3-14(9-16)19(28)24-7-8-26-20(29)18(31-21(26)30)10-13-5-6-15(22)11-17(13)23/h2-6,9-11H,7-8H2,1H3,(H,24,28)(H,25,27)/b18-10-. The van der Waals surface area contributed by atoms with Crippen molar-refractivity contribution in [1.29, 1.82) is 0 Å². The molecule has 1 aliphatic heterocycles. The van der Waals surface area contributed by atoms with Crippen LogP contribution in [0.2, 0.25) is 10.0 Å². The summed E-state index contributed by atoms with van der Waals surface area (Å²) in [7, 11) is 0. The number of nitrogens with one attached hydrogen (secondary N) is 2. The molecule has 0 unspecified atom stereocenters. The van der Waals surface area contributed by atoms with E-state index in [1.54, 1.807) is 36.4 Å². The molecule has 0 saturated carbocycles. The van der Waals surface area contributed by atoms with E-state index in [2.05, 4.69) is 10.6 Å². The molecule has 0 atom stereocenters. The highest BCUT2D eigenvalue weighted by Crippen LogP contribution is 2.33. The molecule has 0 bridgehead atoms. The molecule has 2 aromatic rings. The topological polar surface area (TPSA) is 95.6 Å². The number of imide groups is 1. The highest BCUT2D eigenvalue weighted by atomic mass is 35.5. The van der Waals surface area contributed by atoms with Gasteiger partial charge in [0.1, 0.15) is 0 Å². The van der Waals surface area contributed by atoms with E-state index < -0.39 is 11.1 Å². The number of anilines is 1. The van der Waals surface area contributed by atoms with Crippen LogP contribution in [0.25, 0.3) is 6.08 Å². The summed E-state index contributed by atoms with van der Waals surface area (Å²) >= 11 is 12.8. The number of carbonyl (C=O) groups is 4. The second-order valence-electron chi connectivity index (χ2n) is 6.52. The molecule has 1 aliphatic rings. The van der Waals surface area contributed by atoms with Crippen LogP contribution >= 0.6 is 35.0 Å². The minimum absolute atomic E-state index is 0.0213. The maximum absolute atomic E-state index is 12.6. The molecule has 1 fully saturated rings. The van der Waals surface area contributed by atoms with Crippen molar-refractivity contribution in [3.63, 3.8) is 0 Å². The largest absolute Gasteiger partial charge is 0.350 e. The zero-order valence-corrected chi connectivity index (χ0v) is 18.6. The lowest BCUT2D eigenvalue weighted by Crippen LogP contribution is -2.37. The minimum Gasteiger partial charge on any atom is -0.350 e. The third kappa shape index (κ3) is 5.88. The van der Waals surface area contributed by atoms with Gasteiger partial charge in [-0.15, -0.1) is 0 Å². The summed E-state index contributed by atoms with van der Waals surface area (Å²) in [5, 5.41) is 5.67. The Labute approximate surface area is 192 Å². The van der Waals surface area contributed by atoms with E-state index in [0.29, 0.717) is 26.9 Å². The number of amides is 4. The highest BCUT2D eigenvalue weighted by molar-refractivity contribution is 8.18. The molecule has 3 rings (SSSR count). The predicted octanol–water partition coefficient (Wildman–Crippen LogP) is 4.42. The average Bonchev–Trinajstić information content (AvgIpc) is 2.97. The molecular weight excluding hydrogens is 461 g/mol. The van der Waals surface area contributed by atoms with Crippen LogP contribution in [0.4, 0.5) is 10.5 Å². The van der Waals surface area contributed by atoms with Crippen molar-refractivity contribution in [2.75, 3.05) is 18.4 Å². The smallest absolute Gasteiger partial charge is 0.293 e. The van der Waals surface area contributed by atoms with Gasteiger partial charge < -0.3 is 10.6 Å². The fourth-order valence-electron chi connectivity index (χ4n) is 2.78. The quantitative estimate of drug-likeness (QED) is 0.600. The lowest BCUT2D eigenvalue weighted by Gasteiger charge is -2.13. The van der Waals surface area contributed by atoms with Crippen molar-refractivity contribution >= 4 is 69.7 Å². The summed E-state index contributed by atoms with van der Waals surface area (Å²) in [6.07, 6.45) is 1.54. The molecule has 10 heteroatoms. The van der Waals surface area contributed by atoms with Gasteiger partial charge in [-0.3, -0.25) is 24.1 Å². The Hall–Kier alpha value is -2.81. The van der Waals surface area contributed by atoms with Crippen LogP contribution in [0, 0.1) is 0 Å². The molecule has 0 radical (unpaired) electrons. The van der Waals surface area contributed by atoms with Crippen LogP contribution < -0.4 is 10.6 Å². The van der Waals surface area contributed by atoms with Gasteiger partial charge in [-0.2, -0.15) is 0 Å². The van der Waals surface area contributed by atoms with E-state index >= 15 is 0 Å². The van der Waals surface area contributed by atoms with Crippen molar-refractivity contribution in [1.82, 2.24) is 10.2 Å². The summed E-state index contributed by atoms with van der Waals surface area (Å²) < 4.78 is 0. The third-order valence-electron chi connectivity index (χ3n) is 4.19. The number of rotatable bonds is 6. The zero-order valence-electron chi connectivity index (χ0n) is 16.3. The zero-order chi connectivity index (χ0) is 22.5. The second kappa shape index (κ2) is 10.00. The van der Waals surface area contributed by atoms with E-state index in [0.717, 1.165) is 16.7 Å². The number of nitrogens with zero attached hydrogens (tertiary/aromatic N) is 1. The molecular formula is C21H17Cl2N3O4S. The summed E-state index contributed by atoms with van der Waals surface area (Å²) in [4.78, 5) is 49.6. The highest BCUT2D eigenvalue weighted by Gasteiger charge is 2.34. The number of hydrogen-bond acceptors (Lipinski definition) is 5. The summed E-state index contributed by atoms with van der Waals surface area (Å²) in [6.45, 7) is 1.47. The minimum atomic E-state index is -0.456. The monoisotopic (exact) mass is 477 g/mol. The van der Waals surface area contributed by atoms with Crippen molar-refractivity contribution < 1.29 is 19.2 Å². The molecule has 2 N–H and O–H groups in total. The Balaban J connectivity index is 1.60. The normalized spacial score (nSPS) is 14.8. The molecule has 4 amide bonds. The Kier molecular flexibility index (Phi) is 7.37. The Bertz CT molecular complexity index is 1100. The summed E-state index contributed by atoms with van der Waals surface area (Å²) in [5.74, 6) is -1.09. The van der Waals surface area contributed by atoms with Crippen LogP contribution in [-0.2, 0) is 9.59 Å². The van der Waals surface area contributed by atoms with Crippen LogP contribution in [0.3, 0.4) is 0 Å². The lowest BCUT2D eigenvalue weighted by molar-refractivity contribution is -0.122. The number of carbonyl (C=O) groups excluding carboxylic acids is 4. The maximum atomic E-state index is 12.6. The molecule has 0 aliphatic carbocycles. The molecule has 7 nitrogen and oxygen atoms in total. The first-order valence-corrected chi connectivity index (χ1v) is 10.7. The SMILES string of the molecule is CC(=O)Nc1cccc(C(=O)NCCN2C(=O)S/C(=C\c3ccc(Cl)cc3Cl)C2=O)c1. The first-order chi connectivity index (χ1) is 14.7. The molecule has 1 heterocycles. The van der Waals surface area contributed by atoms with Gasteiger partial charge >= 0.3 is 0 Å². The Morgan fingerprint density at radius 3 is 2.61 bits per heavy atom. The summed E-state index contributed by atoms with van der Waals surface area (Å²) in [5.41, 5.74) is 1.42. The van der Waals surface area contributed by atoms with Gasteiger partial charge in [0, 0.05) is 41.3 Å². The van der Waals surface area contributed by atoms with Crippen LogP contribution in [0.1, 0.15) is 22.8 Å². The summed E-state index contributed by atoms with van der Waals surface area (Å²) in [6, 6.07) is 11.3. The maximum Gasteiger partial charge on any atom is 0.293 e. The van der Waals surface area contributed by atoms with Gasteiger partial charge in [0.05, 0.1) is 4.91 Å². The van der Waals surface area contributed by atoms with E-state index in [1.807, 2.05) is 0 Å². The van der Waals surface area contributed by atoms with Crippen LogP contribution in [-0.4, -0.2) is 41.0 Å². The van der Waals surface area contributed by atoms with Gasteiger partial charge in [0.15, 0.2) is 0 Å². The van der Waals surface area contributed by atoms with Crippen molar-refractivity contribution in [3.05, 3.63) is 68.5 Å². The molecule has 31 heavy (non-hydrogen) atoms. The molecule has 1 saturated heterocycles. The van der Waals surface area contributed by atoms with Gasteiger partial charge in [0.25, 0.3) is 17.1 Å². The van der Waals surface area contributed by atoms with Crippen LogP contribution in [0.15, 0.2) is 47.4 Å².